The Hall–Kier alpha value is -2.51. The second-order valence-corrected chi connectivity index (χ2v) is 6.78. The van der Waals surface area contributed by atoms with Crippen molar-refractivity contribution in [1.29, 1.82) is 0 Å². The van der Waals surface area contributed by atoms with Gasteiger partial charge in [0.15, 0.2) is 11.6 Å². The number of hydrogen-bond donors (Lipinski definition) is 2. The van der Waals surface area contributed by atoms with Gasteiger partial charge in [-0.2, -0.15) is 0 Å². The summed E-state index contributed by atoms with van der Waals surface area (Å²) in [5.74, 6) is -3.44. The van der Waals surface area contributed by atoms with Gasteiger partial charge in [-0.1, -0.05) is 12.8 Å². The first-order valence-corrected chi connectivity index (χ1v) is 8.76. The summed E-state index contributed by atoms with van der Waals surface area (Å²) in [6.07, 6.45) is 4.34. The average molecular weight is 365 g/mol. The van der Waals surface area contributed by atoms with E-state index >= 15 is 0 Å². The van der Waals surface area contributed by atoms with E-state index in [0.29, 0.717) is 6.54 Å². The minimum Gasteiger partial charge on any atom is -0.347 e. The molecule has 1 aromatic carbocycles. The van der Waals surface area contributed by atoms with Crippen molar-refractivity contribution in [3.8, 4) is 0 Å². The standard InChI is InChI=1S/C18H21F2N3O3/c19-14-6-5-12(8-15(14)20)22-16(24)9-21-18(26)11-7-17(25)23(10-11)13-3-1-2-4-13/h5-6,8,11,13H,1-4,7,9-10H2,(H,21,26)(H,22,24). The molecule has 0 aromatic heterocycles. The monoisotopic (exact) mass is 365 g/mol. The number of hydrogen-bond acceptors (Lipinski definition) is 3. The highest BCUT2D eigenvalue weighted by Gasteiger charge is 2.38. The predicted octanol–water partition coefficient (Wildman–Crippen LogP) is 1.81. The van der Waals surface area contributed by atoms with Crippen molar-refractivity contribution in [2.75, 3.05) is 18.4 Å². The van der Waals surface area contributed by atoms with Crippen LogP contribution in [0.15, 0.2) is 18.2 Å². The summed E-state index contributed by atoms with van der Waals surface area (Å²) in [7, 11) is 0. The molecule has 1 saturated carbocycles. The Morgan fingerprint density at radius 1 is 1.15 bits per heavy atom. The van der Waals surface area contributed by atoms with Crippen molar-refractivity contribution < 1.29 is 23.2 Å². The van der Waals surface area contributed by atoms with Crippen LogP contribution in [-0.4, -0.2) is 41.8 Å². The SMILES string of the molecule is O=C(CNC(=O)C1CC(=O)N(C2CCCC2)C1)Nc1ccc(F)c(F)c1. The second kappa shape index (κ2) is 7.80. The Balaban J connectivity index is 1.46. The van der Waals surface area contributed by atoms with Gasteiger partial charge in [-0.15, -0.1) is 0 Å². The highest BCUT2D eigenvalue weighted by Crippen LogP contribution is 2.29. The fourth-order valence-electron chi connectivity index (χ4n) is 3.57. The molecule has 1 atom stereocenters. The van der Waals surface area contributed by atoms with E-state index in [0.717, 1.165) is 37.8 Å². The quantitative estimate of drug-likeness (QED) is 0.835. The van der Waals surface area contributed by atoms with Gasteiger partial charge in [-0.3, -0.25) is 14.4 Å². The summed E-state index contributed by atoms with van der Waals surface area (Å²) < 4.78 is 26.0. The maximum absolute atomic E-state index is 13.1. The summed E-state index contributed by atoms with van der Waals surface area (Å²) in [5, 5.41) is 4.89. The van der Waals surface area contributed by atoms with Crippen LogP contribution in [0.25, 0.3) is 0 Å². The smallest absolute Gasteiger partial charge is 0.243 e. The van der Waals surface area contributed by atoms with Crippen molar-refractivity contribution in [3.63, 3.8) is 0 Å². The van der Waals surface area contributed by atoms with E-state index in [1.54, 1.807) is 4.90 Å². The molecule has 0 radical (unpaired) electrons. The Kier molecular flexibility index (Phi) is 5.49. The molecule has 1 aliphatic carbocycles. The molecular weight excluding hydrogens is 344 g/mol. The number of benzene rings is 1. The lowest BCUT2D eigenvalue weighted by atomic mass is 10.1. The van der Waals surface area contributed by atoms with Gasteiger partial charge in [0, 0.05) is 30.8 Å². The fraction of sp³-hybridized carbons (Fsp3) is 0.500. The maximum atomic E-state index is 13.1. The van der Waals surface area contributed by atoms with Crippen molar-refractivity contribution >= 4 is 23.4 Å². The zero-order valence-electron chi connectivity index (χ0n) is 14.3. The first-order chi connectivity index (χ1) is 12.4. The van der Waals surface area contributed by atoms with Crippen LogP contribution in [0.4, 0.5) is 14.5 Å². The second-order valence-electron chi connectivity index (χ2n) is 6.78. The number of nitrogens with one attached hydrogen (secondary N) is 2. The summed E-state index contributed by atoms with van der Waals surface area (Å²) in [5.41, 5.74) is 0.103. The largest absolute Gasteiger partial charge is 0.347 e. The van der Waals surface area contributed by atoms with E-state index in [1.165, 1.54) is 6.07 Å². The fourth-order valence-corrected chi connectivity index (χ4v) is 3.57. The zero-order valence-corrected chi connectivity index (χ0v) is 14.3. The molecule has 140 valence electrons. The Morgan fingerprint density at radius 3 is 2.58 bits per heavy atom. The molecule has 1 aromatic rings. The third-order valence-electron chi connectivity index (χ3n) is 4.92. The Morgan fingerprint density at radius 2 is 1.88 bits per heavy atom. The van der Waals surface area contributed by atoms with Gasteiger partial charge in [0.25, 0.3) is 0 Å². The molecule has 1 heterocycles. The highest BCUT2D eigenvalue weighted by molar-refractivity contribution is 5.96. The number of amides is 3. The van der Waals surface area contributed by atoms with Crippen LogP contribution in [-0.2, 0) is 14.4 Å². The van der Waals surface area contributed by atoms with E-state index in [-0.39, 0.29) is 36.5 Å². The Bertz CT molecular complexity index is 720. The van der Waals surface area contributed by atoms with Gasteiger partial charge >= 0.3 is 0 Å². The number of nitrogens with zero attached hydrogens (tertiary/aromatic N) is 1. The first-order valence-electron chi connectivity index (χ1n) is 8.76. The molecule has 8 heteroatoms. The van der Waals surface area contributed by atoms with Gasteiger partial charge in [-0.05, 0) is 25.0 Å². The molecule has 0 spiro atoms. The third-order valence-corrected chi connectivity index (χ3v) is 4.92. The van der Waals surface area contributed by atoms with Crippen LogP contribution in [0.5, 0.6) is 0 Å². The van der Waals surface area contributed by atoms with Crippen molar-refractivity contribution in [2.24, 2.45) is 5.92 Å². The average Bonchev–Trinajstić information content (AvgIpc) is 3.25. The van der Waals surface area contributed by atoms with Crippen LogP contribution < -0.4 is 10.6 Å². The Labute approximate surface area is 149 Å². The van der Waals surface area contributed by atoms with Crippen molar-refractivity contribution in [3.05, 3.63) is 29.8 Å². The van der Waals surface area contributed by atoms with E-state index in [4.69, 9.17) is 0 Å². The number of anilines is 1. The van der Waals surface area contributed by atoms with Crippen LogP contribution in [0, 0.1) is 17.6 Å². The normalized spacial score (nSPS) is 20.5. The molecule has 3 amide bonds. The summed E-state index contributed by atoms with van der Waals surface area (Å²) in [4.78, 5) is 38.0. The van der Waals surface area contributed by atoms with Crippen molar-refractivity contribution in [2.45, 2.75) is 38.1 Å². The molecule has 3 rings (SSSR count). The lowest BCUT2D eigenvalue weighted by Crippen LogP contribution is -2.39. The number of likely N-dealkylation sites (tertiary alicyclic amines) is 1. The molecule has 2 aliphatic rings. The van der Waals surface area contributed by atoms with E-state index in [1.807, 2.05) is 0 Å². The molecule has 2 fully saturated rings. The van der Waals surface area contributed by atoms with Crippen LogP contribution in [0.1, 0.15) is 32.1 Å². The molecule has 6 nitrogen and oxygen atoms in total. The van der Waals surface area contributed by atoms with Gasteiger partial charge in [-0.25, -0.2) is 8.78 Å². The van der Waals surface area contributed by atoms with Gasteiger partial charge < -0.3 is 15.5 Å². The maximum Gasteiger partial charge on any atom is 0.243 e. The lowest BCUT2D eigenvalue weighted by Gasteiger charge is -2.23. The minimum atomic E-state index is -1.07. The van der Waals surface area contributed by atoms with Gasteiger partial charge in [0.1, 0.15) is 0 Å². The van der Waals surface area contributed by atoms with Crippen LogP contribution in [0.3, 0.4) is 0 Å². The van der Waals surface area contributed by atoms with Crippen molar-refractivity contribution in [1.82, 2.24) is 10.2 Å². The molecule has 0 bridgehead atoms. The highest BCUT2D eigenvalue weighted by atomic mass is 19.2. The lowest BCUT2D eigenvalue weighted by molar-refractivity contribution is -0.130. The molecule has 1 unspecified atom stereocenters. The van der Waals surface area contributed by atoms with Crippen LogP contribution >= 0.6 is 0 Å². The van der Waals surface area contributed by atoms with Crippen LogP contribution in [0.2, 0.25) is 0 Å². The predicted molar refractivity (Wildman–Crippen MR) is 90.1 cm³/mol. The molecule has 26 heavy (non-hydrogen) atoms. The molecular formula is C18H21F2N3O3. The van der Waals surface area contributed by atoms with E-state index in [2.05, 4.69) is 10.6 Å². The summed E-state index contributed by atoms with van der Waals surface area (Å²) >= 11 is 0. The zero-order chi connectivity index (χ0) is 18.7. The topological polar surface area (TPSA) is 78.5 Å². The number of halogens is 2. The van der Waals surface area contributed by atoms with E-state index < -0.39 is 23.5 Å². The number of carbonyl (C=O) groups is 3. The van der Waals surface area contributed by atoms with Gasteiger partial charge in [0.05, 0.1) is 12.5 Å². The summed E-state index contributed by atoms with van der Waals surface area (Å²) in [6.45, 7) is 0.0894. The minimum absolute atomic E-state index is 0.0108. The number of rotatable bonds is 5. The third kappa shape index (κ3) is 4.17. The van der Waals surface area contributed by atoms with Gasteiger partial charge in [0.2, 0.25) is 17.7 Å². The first kappa shape index (κ1) is 18.3. The molecule has 1 saturated heterocycles. The molecule has 1 aliphatic heterocycles. The van der Waals surface area contributed by atoms with E-state index in [9.17, 15) is 23.2 Å². The summed E-state index contributed by atoms with van der Waals surface area (Å²) in [6, 6.07) is 3.24. The molecule has 2 N–H and O–H groups in total. The number of carbonyl (C=O) groups excluding carboxylic acids is 3.